The Kier molecular flexibility index (Phi) is 7.38. The maximum atomic E-state index is 14.5. The van der Waals surface area contributed by atoms with Crippen LogP contribution >= 0.6 is 0 Å². The molecule has 1 aliphatic carbocycles. The van der Waals surface area contributed by atoms with E-state index in [1.807, 2.05) is 0 Å². The molecule has 0 N–H and O–H groups in total. The fourth-order valence-electron chi connectivity index (χ4n) is 4.76. The van der Waals surface area contributed by atoms with Gasteiger partial charge >= 0.3 is 6.01 Å². The third-order valence-electron chi connectivity index (χ3n) is 6.91. The van der Waals surface area contributed by atoms with Crippen LogP contribution < -0.4 is 4.90 Å². The van der Waals surface area contributed by atoms with E-state index in [1.54, 1.807) is 6.07 Å². The predicted octanol–water partition coefficient (Wildman–Crippen LogP) is 4.70. The monoisotopic (exact) mass is 479 g/mol. The standard InChI is InChI=1S/C24H34FN3O4S/c1-16(2)23-26-24(32-27-23)28-12-10-17(11-13-28)15-31-19-6-4-18(5-7-19)21-9-8-20(14-22(21)25)33(3,29)30/h8-9,14,16-19H,4-7,10-13,15H2,1-3H3. The summed E-state index contributed by atoms with van der Waals surface area (Å²) >= 11 is 0. The highest BCUT2D eigenvalue weighted by molar-refractivity contribution is 7.90. The van der Waals surface area contributed by atoms with Crippen molar-refractivity contribution in [2.45, 2.75) is 75.2 Å². The molecule has 0 unspecified atom stereocenters. The molecule has 0 atom stereocenters. The Balaban J connectivity index is 1.20. The zero-order valence-corrected chi connectivity index (χ0v) is 20.5. The molecule has 1 aliphatic heterocycles. The SMILES string of the molecule is CC(C)c1noc(N2CCC(COC3CCC(c4ccc(S(C)(=O)=O)cc4F)CC3)CC2)n1. The summed E-state index contributed by atoms with van der Waals surface area (Å²) in [6.45, 7) is 6.64. The third kappa shape index (κ3) is 5.93. The summed E-state index contributed by atoms with van der Waals surface area (Å²) in [5.74, 6) is 1.22. The molecule has 1 aromatic heterocycles. The number of hydrogen-bond acceptors (Lipinski definition) is 7. The molecular weight excluding hydrogens is 445 g/mol. The second kappa shape index (κ2) is 10.1. The van der Waals surface area contributed by atoms with E-state index in [0.29, 0.717) is 17.5 Å². The van der Waals surface area contributed by atoms with E-state index in [9.17, 15) is 12.8 Å². The lowest BCUT2D eigenvalue weighted by atomic mass is 9.82. The average molecular weight is 480 g/mol. The van der Waals surface area contributed by atoms with Crippen molar-refractivity contribution in [2.75, 3.05) is 30.9 Å². The summed E-state index contributed by atoms with van der Waals surface area (Å²) in [5.41, 5.74) is 0.620. The number of halogens is 1. The minimum Gasteiger partial charge on any atom is -0.378 e. The van der Waals surface area contributed by atoms with Gasteiger partial charge in [0, 0.05) is 31.9 Å². The second-order valence-electron chi connectivity index (χ2n) is 9.78. The van der Waals surface area contributed by atoms with Crippen molar-refractivity contribution >= 4 is 15.9 Å². The number of ether oxygens (including phenoxy) is 1. The third-order valence-corrected chi connectivity index (χ3v) is 8.02. The van der Waals surface area contributed by atoms with Crippen LogP contribution in [-0.4, -0.2) is 50.6 Å². The van der Waals surface area contributed by atoms with Gasteiger partial charge < -0.3 is 14.2 Å². The van der Waals surface area contributed by atoms with E-state index in [2.05, 4.69) is 28.9 Å². The molecule has 1 aromatic carbocycles. The lowest BCUT2D eigenvalue weighted by Crippen LogP contribution is -2.36. The summed E-state index contributed by atoms with van der Waals surface area (Å²) in [7, 11) is -3.40. The van der Waals surface area contributed by atoms with Gasteiger partial charge in [-0.2, -0.15) is 4.98 Å². The largest absolute Gasteiger partial charge is 0.378 e. The molecule has 0 spiro atoms. The molecule has 2 aliphatic rings. The molecule has 9 heteroatoms. The Hall–Kier alpha value is -2.00. The van der Waals surface area contributed by atoms with Crippen LogP contribution in [0.25, 0.3) is 0 Å². The molecule has 0 amide bonds. The molecule has 2 fully saturated rings. The quantitative estimate of drug-likeness (QED) is 0.569. The van der Waals surface area contributed by atoms with Gasteiger partial charge in [0.2, 0.25) is 0 Å². The maximum Gasteiger partial charge on any atom is 0.324 e. The molecule has 33 heavy (non-hydrogen) atoms. The van der Waals surface area contributed by atoms with E-state index in [4.69, 9.17) is 9.26 Å². The summed E-state index contributed by atoms with van der Waals surface area (Å²) < 4.78 is 49.5. The van der Waals surface area contributed by atoms with Gasteiger partial charge in [0.25, 0.3) is 0 Å². The first kappa shape index (κ1) is 24.1. The van der Waals surface area contributed by atoms with Gasteiger partial charge in [0.05, 0.1) is 11.0 Å². The highest BCUT2D eigenvalue weighted by Crippen LogP contribution is 2.36. The number of aromatic nitrogens is 2. The van der Waals surface area contributed by atoms with Crippen LogP contribution in [0.3, 0.4) is 0 Å². The lowest BCUT2D eigenvalue weighted by Gasteiger charge is -2.33. The van der Waals surface area contributed by atoms with E-state index in [-0.39, 0.29) is 22.8 Å². The van der Waals surface area contributed by atoms with Crippen molar-refractivity contribution in [3.8, 4) is 0 Å². The molecule has 0 bridgehead atoms. The van der Waals surface area contributed by atoms with Crippen LogP contribution in [-0.2, 0) is 14.6 Å². The number of nitrogens with zero attached hydrogens (tertiary/aromatic N) is 3. The van der Waals surface area contributed by atoms with Gasteiger partial charge in [-0.15, -0.1) is 0 Å². The first-order chi connectivity index (χ1) is 15.7. The molecule has 7 nitrogen and oxygen atoms in total. The van der Waals surface area contributed by atoms with Crippen LogP contribution in [0.5, 0.6) is 0 Å². The highest BCUT2D eigenvalue weighted by Gasteiger charge is 2.28. The summed E-state index contributed by atoms with van der Waals surface area (Å²) in [5, 5.41) is 4.05. The van der Waals surface area contributed by atoms with Gasteiger partial charge in [0.1, 0.15) is 5.82 Å². The predicted molar refractivity (Wildman–Crippen MR) is 124 cm³/mol. The second-order valence-corrected chi connectivity index (χ2v) is 11.8. The number of sulfone groups is 1. The summed E-state index contributed by atoms with van der Waals surface area (Å²) in [6, 6.07) is 4.92. The fraction of sp³-hybridized carbons (Fsp3) is 0.667. The van der Waals surface area contributed by atoms with Crippen molar-refractivity contribution in [3.05, 3.63) is 35.4 Å². The number of anilines is 1. The van der Waals surface area contributed by atoms with Gasteiger partial charge in [-0.1, -0.05) is 25.1 Å². The molecular formula is C24H34FN3O4S. The summed E-state index contributed by atoms with van der Waals surface area (Å²) in [4.78, 5) is 6.68. The van der Waals surface area contributed by atoms with Crippen LogP contribution in [0.1, 0.15) is 75.6 Å². The number of piperidine rings is 1. The van der Waals surface area contributed by atoms with E-state index in [0.717, 1.165) is 76.4 Å². The topological polar surface area (TPSA) is 85.5 Å². The molecule has 4 rings (SSSR count). The number of rotatable bonds is 7. The zero-order chi connectivity index (χ0) is 23.6. The Labute approximate surface area is 195 Å². The van der Waals surface area contributed by atoms with Gasteiger partial charge in [0.15, 0.2) is 15.7 Å². The van der Waals surface area contributed by atoms with Crippen molar-refractivity contribution in [3.63, 3.8) is 0 Å². The number of benzene rings is 1. The van der Waals surface area contributed by atoms with Gasteiger partial charge in [-0.25, -0.2) is 12.8 Å². The van der Waals surface area contributed by atoms with Crippen LogP contribution in [0.15, 0.2) is 27.6 Å². The van der Waals surface area contributed by atoms with E-state index < -0.39 is 15.7 Å². The van der Waals surface area contributed by atoms with Crippen LogP contribution in [0.4, 0.5) is 10.4 Å². The van der Waals surface area contributed by atoms with Crippen molar-refractivity contribution in [2.24, 2.45) is 5.92 Å². The van der Waals surface area contributed by atoms with Crippen molar-refractivity contribution in [1.29, 1.82) is 0 Å². The van der Waals surface area contributed by atoms with Crippen molar-refractivity contribution in [1.82, 2.24) is 10.1 Å². The van der Waals surface area contributed by atoms with E-state index >= 15 is 0 Å². The Bertz CT molecular complexity index is 1040. The average Bonchev–Trinajstić information content (AvgIpc) is 3.29. The van der Waals surface area contributed by atoms with E-state index in [1.165, 1.54) is 6.07 Å². The minimum absolute atomic E-state index is 0.0336. The Morgan fingerprint density at radius 2 is 1.85 bits per heavy atom. The molecule has 2 heterocycles. The first-order valence-electron chi connectivity index (χ1n) is 11.9. The smallest absolute Gasteiger partial charge is 0.324 e. The number of hydrogen-bond donors (Lipinski definition) is 0. The Morgan fingerprint density at radius 3 is 2.42 bits per heavy atom. The molecule has 2 aromatic rings. The summed E-state index contributed by atoms with van der Waals surface area (Å²) in [6.07, 6.45) is 6.89. The molecule has 1 saturated heterocycles. The first-order valence-corrected chi connectivity index (χ1v) is 13.8. The maximum absolute atomic E-state index is 14.5. The van der Waals surface area contributed by atoms with Crippen LogP contribution in [0, 0.1) is 11.7 Å². The molecule has 182 valence electrons. The Morgan fingerprint density at radius 1 is 1.15 bits per heavy atom. The highest BCUT2D eigenvalue weighted by atomic mass is 32.2. The van der Waals surface area contributed by atoms with Gasteiger partial charge in [-0.05, 0) is 68.1 Å². The minimum atomic E-state index is -3.40. The normalized spacial score (nSPS) is 22.8. The van der Waals surface area contributed by atoms with Crippen LogP contribution in [0.2, 0.25) is 0 Å². The molecule has 1 saturated carbocycles. The zero-order valence-electron chi connectivity index (χ0n) is 19.7. The fourth-order valence-corrected chi connectivity index (χ4v) is 5.40. The van der Waals surface area contributed by atoms with Crippen molar-refractivity contribution < 1.29 is 22.1 Å². The lowest BCUT2D eigenvalue weighted by molar-refractivity contribution is 0.000280. The van der Waals surface area contributed by atoms with Gasteiger partial charge in [-0.3, -0.25) is 0 Å². The molecule has 0 radical (unpaired) electrons.